The molecule has 1 aromatic rings. The summed E-state index contributed by atoms with van der Waals surface area (Å²) in [4.78, 5) is 73.9. The number of rotatable bonds is 7. The molecule has 0 aromatic heterocycles. The van der Waals surface area contributed by atoms with Gasteiger partial charge < -0.3 is 25.6 Å². The van der Waals surface area contributed by atoms with Crippen LogP contribution in [-0.2, 0) is 24.0 Å². The number of fused-ring (bicyclic) bond motifs is 1. The minimum absolute atomic E-state index is 0.0338. The molecular formula is C21H22Cl2N4O8. The van der Waals surface area contributed by atoms with Gasteiger partial charge in [-0.15, -0.1) is 0 Å². The van der Waals surface area contributed by atoms with Crippen molar-refractivity contribution in [2.75, 3.05) is 6.54 Å². The minimum Gasteiger partial charge on any atom is -0.505 e. The summed E-state index contributed by atoms with van der Waals surface area (Å²) < 4.78 is 0. The van der Waals surface area contributed by atoms with Crippen LogP contribution in [0, 0.1) is 0 Å². The first-order valence-electron chi connectivity index (χ1n) is 10.6. The number of aliphatic carboxylic acids is 1. The summed E-state index contributed by atoms with van der Waals surface area (Å²) in [6.45, 7) is 0.171. The van der Waals surface area contributed by atoms with Crippen molar-refractivity contribution in [1.82, 2.24) is 20.7 Å². The zero-order valence-electron chi connectivity index (χ0n) is 18.2. The molecule has 2 aliphatic rings. The number of carboxylic acids is 1. The van der Waals surface area contributed by atoms with Gasteiger partial charge in [-0.25, -0.2) is 5.01 Å². The molecular weight excluding hydrogens is 507 g/mol. The monoisotopic (exact) mass is 528 g/mol. The Kier molecular flexibility index (Phi) is 8.18. The van der Waals surface area contributed by atoms with Crippen molar-refractivity contribution in [3.63, 3.8) is 0 Å². The molecule has 188 valence electrons. The van der Waals surface area contributed by atoms with Gasteiger partial charge in [-0.2, -0.15) is 0 Å². The number of carbonyl (C=O) groups is 6. The highest BCUT2D eigenvalue weighted by Crippen LogP contribution is 2.33. The van der Waals surface area contributed by atoms with Gasteiger partial charge in [0.15, 0.2) is 5.75 Å². The minimum atomic E-state index is -1.31. The molecule has 0 unspecified atom stereocenters. The maximum atomic E-state index is 13.4. The lowest BCUT2D eigenvalue weighted by atomic mass is 10.0. The lowest BCUT2D eigenvalue weighted by molar-refractivity contribution is -0.176. The summed E-state index contributed by atoms with van der Waals surface area (Å²) in [6, 6.07) is -1.36. The van der Waals surface area contributed by atoms with E-state index in [-0.39, 0.29) is 47.7 Å². The van der Waals surface area contributed by atoms with Crippen LogP contribution < -0.4 is 10.6 Å². The first-order valence-corrected chi connectivity index (χ1v) is 11.4. The third-order valence-corrected chi connectivity index (χ3v) is 6.21. The summed E-state index contributed by atoms with van der Waals surface area (Å²) in [6.07, 6.45) is 0.0481. The molecule has 4 amide bonds. The van der Waals surface area contributed by atoms with Crippen molar-refractivity contribution in [3.8, 4) is 5.75 Å². The van der Waals surface area contributed by atoms with Gasteiger partial charge >= 0.3 is 5.97 Å². The van der Waals surface area contributed by atoms with E-state index in [0.717, 1.165) is 22.2 Å². The van der Waals surface area contributed by atoms with Gasteiger partial charge in [-0.05, 0) is 31.4 Å². The molecule has 2 saturated heterocycles. The second-order valence-electron chi connectivity index (χ2n) is 8.06. The number of hydrazine groups is 1. The zero-order valence-corrected chi connectivity index (χ0v) is 19.7. The van der Waals surface area contributed by atoms with Crippen LogP contribution in [0.2, 0.25) is 10.0 Å². The summed E-state index contributed by atoms with van der Waals surface area (Å²) in [5, 5.41) is 25.2. The summed E-state index contributed by atoms with van der Waals surface area (Å²) >= 11 is 11.7. The number of hydrogen-bond acceptors (Lipinski definition) is 7. The highest BCUT2D eigenvalue weighted by molar-refractivity contribution is 6.37. The van der Waals surface area contributed by atoms with Gasteiger partial charge in [-0.1, -0.05) is 23.2 Å². The van der Waals surface area contributed by atoms with E-state index < -0.39 is 59.9 Å². The fraction of sp³-hybridized carbons (Fsp3) is 0.429. The number of hydrogen-bond donors (Lipinski definition) is 4. The Bertz CT molecular complexity index is 1060. The molecule has 2 fully saturated rings. The topological polar surface area (TPSA) is 173 Å². The normalized spacial score (nSPS) is 21.0. The molecule has 0 aliphatic carbocycles. The second kappa shape index (κ2) is 10.9. The first kappa shape index (κ1) is 26.2. The van der Waals surface area contributed by atoms with E-state index in [1.54, 1.807) is 0 Å². The SMILES string of the molecule is O=C[C@H](CC(=O)O)NC(=O)[C@@H]1CCCN2C(=O)CC[C@H](NC(=O)c3cc(Cl)c(O)c(Cl)c3)C(=O)N12. The number of halogens is 2. The molecule has 0 spiro atoms. The number of aldehydes is 1. The lowest BCUT2D eigenvalue weighted by Crippen LogP contribution is -2.64. The van der Waals surface area contributed by atoms with Crippen LogP contribution in [0.4, 0.5) is 0 Å². The van der Waals surface area contributed by atoms with E-state index >= 15 is 0 Å². The van der Waals surface area contributed by atoms with Gasteiger partial charge in [-0.3, -0.25) is 29.0 Å². The first-order chi connectivity index (χ1) is 16.5. The number of benzene rings is 1. The molecule has 0 radical (unpaired) electrons. The predicted octanol–water partition coefficient (Wildman–Crippen LogP) is 0.484. The van der Waals surface area contributed by atoms with Crippen molar-refractivity contribution < 1.29 is 39.0 Å². The van der Waals surface area contributed by atoms with Gasteiger partial charge in [0.25, 0.3) is 11.8 Å². The number of amides is 4. The Hall–Kier alpha value is -3.38. The van der Waals surface area contributed by atoms with E-state index in [9.17, 15) is 33.9 Å². The van der Waals surface area contributed by atoms with Gasteiger partial charge in [0.1, 0.15) is 18.4 Å². The Morgan fingerprint density at radius 2 is 1.83 bits per heavy atom. The van der Waals surface area contributed by atoms with Gasteiger partial charge in [0.05, 0.1) is 22.5 Å². The van der Waals surface area contributed by atoms with Crippen LogP contribution in [0.5, 0.6) is 5.75 Å². The van der Waals surface area contributed by atoms with Gasteiger partial charge in [0, 0.05) is 18.5 Å². The van der Waals surface area contributed by atoms with Crippen molar-refractivity contribution in [3.05, 3.63) is 27.7 Å². The average molecular weight is 529 g/mol. The molecule has 0 bridgehead atoms. The number of phenols is 1. The number of nitrogens with one attached hydrogen (secondary N) is 2. The summed E-state index contributed by atoms with van der Waals surface area (Å²) in [7, 11) is 0. The largest absolute Gasteiger partial charge is 0.505 e. The highest BCUT2D eigenvalue weighted by Gasteiger charge is 2.45. The summed E-state index contributed by atoms with van der Waals surface area (Å²) in [5.41, 5.74) is -0.0338. The molecule has 2 aliphatic heterocycles. The molecule has 3 rings (SSSR count). The molecule has 35 heavy (non-hydrogen) atoms. The molecule has 2 heterocycles. The molecule has 12 nitrogen and oxygen atoms in total. The van der Waals surface area contributed by atoms with E-state index in [2.05, 4.69) is 10.6 Å². The van der Waals surface area contributed by atoms with Gasteiger partial charge in [0.2, 0.25) is 11.8 Å². The molecule has 14 heteroatoms. The number of nitrogens with zero attached hydrogens (tertiary/aromatic N) is 2. The third-order valence-electron chi connectivity index (χ3n) is 5.63. The van der Waals surface area contributed by atoms with E-state index in [1.165, 1.54) is 0 Å². The average Bonchev–Trinajstić information content (AvgIpc) is 2.93. The second-order valence-corrected chi connectivity index (χ2v) is 8.87. The standard InChI is InChI=1S/C21H22Cl2N4O8/c22-12-6-10(7-13(23)18(12)32)19(33)25-14-3-4-16(29)26-5-1-2-15(27(26)21(14)35)20(34)24-11(9-28)8-17(30)31/h6-7,9,11,14-15,32H,1-5,8H2,(H,24,34)(H,25,33)(H,30,31)/t11-,14-,15-/m0/s1. The fourth-order valence-corrected chi connectivity index (χ4v) is 4.43. The van der Waals surface area contributed by atoms with Crippen molar-refractivity contribution in [1.29, 1.82) is 0 Å². The maximum Gasteiger partial charge on any atom is 0.305 e. The lowest BCUT2D eigenvalue weighted by Gasteiger charge is -2.43. The molecule has 0 saturated carbocycles. The molecule has 1 aromatic carbocycles. The van der Waals surface area contributed by atoms with Crippen molar-refractivity contribution in [2.45, 2.75) is 50.2 Å². The predicted molar refractivity (Wildman–Crippen MR) is 120 cm³/mol. The zero-order chi connectivity index (χ0) is 25.9. The molecule has 3 atom stereocenters. The third kappa shape index (κ3) is 5.82. The van der Waals surface area contributed by atoms with Crippen molar-refractivity contribution in [2.24, 2.45) is 0 Å². The number of carboxylic acid groups (broad SMARTS) is 1. The Labute approximate surface area is 209 Å². The quantitative estimate of drug-likeness (QED) is 0.369. The van der Waals surface area contributed by atoms with Crippen LogP contribution in [0.1, 0.15) is 42.5 Å². The Morgan fingerprint density at radius 3 is 2.43 bits per heavy atom. The highest BCUT2D eigenvalue weighted by atomic mass is 35.5. The number of carbonyl (C=O) groups excluding carboxylic acids is 5. The van der Waals surface area contributed by atoms with E-state index in [4.69, 9.17) is 28.3 Å². The summed E-state index contributed by atoms with van der Waals surface area (Å²) in [5.74, 6) is -4.39. The molecule has 4 N–H and O–H groups in total. The fourth-order valence-electron chi connectivity index (χ4n) is 3.94. The van der Waals surface area contributed by atoms with E-state index in [1.807, 2.05) is 0 Å². The van der Waals surface area contributed by atoms with Crippen LogP contribution in [-0.4, -0.2) is 80.8 Å². The Balaban J connectivity index is 1.83. The smallest absolute Gasteiger partial charge is 0.305 e. The van der Waals surface area contributed by atoms with E-state index in [0.29, 0.717) is 6.42 Å². The van der Waals surface area contributed by atoms with Crippen LogP contribution >= 0.6 is 23.2 Å². The Morgan fingerprint density at radius 1 is 1.17 bits per heavy atom. The number of aromatic hydroxyl groups is 1. The van der Waals surface area contributed by atoms with Crippen molar-refractivity contribution >= 4 is 59.1 Å². The van der Waals surface area contributed by atoms with Crippen LogP contribution in [0.3, 0.4) is 0 Å². The van der Waals surface area contributed by atoms with Crippen LogP contribution in [0.25, 0.3) is 0 Å². The maximum absolute atomic E-state index is 13.4. The van der Waals surface area contributed by atoms with Crippen LogP contribution in [0.15, 0.2) is 12.1 Å². The number of phenolic OH excluding ortho intramolecular Hbond substituents is 1.